The van der Waals surface area contributed by atoms with Crippen molar-refractivity contribution in [1.29, 1.82) is 0 Å². The van der Waals surface area contributed by atoms with Gasteiger partial charge in [0.15, 0.2) is 0 Å². The minimum absolute atomic E-state index is 0.0862. The second-order valence-corrected chi connectivity index (χ2v) is 10.5. The highest BCUT2D eigenvalue weighted by atomic mass is 35.5. The molecule has 4 aromatic rings. The molecule has 0 radical (unpaired) electrons. The minimum atomic E-state index is -0.256. The van der Waals surface area contributed by atoms with Crippen LogP contribution in [0.5, 0.6) is 0 Å². The first-order chi connectivity index (χ1) is 18.4. The third-order valence-electron chi connectivity index (χ3n) is 7.30. The minimum Gasteiger partial charge on any atom is -0.337 e. The highest BCUT2D eigenvalue weighted by molar-refractivity contribution is 6.30. The Labute approximate surface area is 227 Å². The molecule has 0 saturated heterocycles. The van der Waals surface area contributed by atoms with Crippen molar-refractivity contribution in [1.82, 2.24) is 19.1 Å². The van der Waals surface area contributed by atoms with Crippen LogP contribution in [0.4, 0.5) is 11.6 Å². The van der Waals surface area contributed by atoms with Gasteiger partial charge in [0, 0.05) is 48.5 Å². The van der Waals surface area contributed by atoms with E-state index < -0.39 is 0 Å². The van der Waals surface area contributed by atoms with Crippen molar-refractivity contribution in [2.75, 3.05) is 17.3 Å². The summed E-state index contributed by atoms with van der Waals surface area (Å²) in [6, 6.07) is 12.7. The SMILES string of the molecule is Cc1cn(CCCn2c(NC(=O)c3ccc(Cl)cc3)nc3cc(N(C)C(=O)C4CCCCC4)ccc32)cn1. The van der Waals surface area contributed by atoms with E-state index in [2.05, 4.69) is 14.9 Å². The molecule has 198 valence electrons. The molecule has 0 atom stereocenters. The van der Waals surface area contributed by atoms with Gasteiger partial charge >= 0.3 is 0 Å². The average Bonchev–Trinajstić information content (AvgIpc) is 3.50. The van der Waals surface area contributed by atoms with Crippen LogP contribution in [0.25, 0.3) is 11.0 Å². The van der Waals surface area contributed by atoms with Gasteiger partial charge in [-0.1, -0.05) is 30.9 Å². The van der Waals surface area contributed by atoms with Gasteiger partial charge in [-0.25, -0.2) is 9.97 Å². The number of imidazole rings is 2. The van der Waals surface area contributed by atoms with Gasteiger partial charge in [-0.3, -0.25) is 14.9 Å². The van der Waals surface area contributed by atoms with Crippen LogP contribution in [-0.2, 0) is 17.9 Å². The summed E-state index contributed by atoms with van der Waals surface area (Å²) in [5.41, 5.74) is 3.92. The molecule has 1 fully saturated rings. The summed E-state index contributed by atoms with van der Waals surface area (Å²) < 4.78 is 4.09. The van der Waals surface area contributed by atoms with Crippen molar-refractivity contribution >= 4 is 46.1 Å². The third kappa shape index (κ3) is 5.75. The van der Waals surface area contributed by atoms with Crippen molar-refractivity contribution in [2.24, 2.45) is 5.92 Å². The monoisotopic (exact) mass is 532 g/mol. The summed E-state index contributed by atoms with van der Waals surface area (Å²) in [7, 11) is 1.84. The van der Waals surface area contributed by atoms with Crippen LogP contribution in [0, 0.1) is 12.8 Å². The van der Waals surface area contributed by atoms with Gasteiger partial charge in [-0.05, 0) is 68.7 Å². The average molecular weight is 533 g/mol. The van der Waals surface area contributed by atoms with Crippen molar-refractivity contribution in [3.8, 4) is 0 Å². The summed E-state index contributed by atoms with van der Waals surface area (Å²) in [5, 5.41) is 3.55. The smallest absolute Gasteiger partial charge is 0.257 e. The lowest BCUT2D eigenvalue weighted by Gasteiger charge is -2.26. The first-order valence-corrected chi connectivity index (χ1v) is 13.6. The molecule has 2 aromatic heterocycles. The maximum atomic E-state index is 13.1. The van der Waals surface area contributed by atoms with E-state index in [-0.39, 0.29) is 17.7 Å². The largest absolute Gasteiger partial charge is 0.337 e. The molecule has 0 aliphatic heterocycles. The Hall–Kier alpha value is -3.65. The number of aryl methyl sites for hydroxylation is 3. The van der Waals surface area contributed by atoms with Gasteiger partial charge in [0.1, 0.15) is 0 Å². The molecule has 1 N–H and O–H groups in total. The number of rotatable bonds is 8. The molecule has 0 bridgehead atoms. The van der Waals surface area contributed by atoms with E-state index in [0.29, 0.717) is 23.1 Å². The van der Waals surface area contributed by atoms with E-state index in [1.807, 2.05) is 49.3 Å². The van der Waals surface area contributed by atoms with Crippen molar-refractivity contribution in [3.05, 3.63) is 71.3 Å². The molecule has 1 aliphatic rings. The van der Waals surface area contributed by atoms with Crippen LogP contribution in [0.1, 0.15) is 54.6 Å². The molecule has 1 saturated carbocycles. The molecule has 0 unspecified atom stereocenters. The Morgan fingerprint density at radius 1 is 1.08 bits per heavy atom. The molecule has 5 rings (SSSR count). The van der Waals surface area contributed by atoms with Crippen LogP contribution < -0.4 is 10.2 Å². The Kier molecular flexibility index (Phi) is 7.79. The second-order valence-electron chi connectivity index (χ2n) is 10.1. The van der Waals surface area contributed by atoms with Crippen molar-refractivity contribution in [2.45, 2.75) is 58.5 Å². The number of anilines is 2. The van der Waals surface area contributed by atoms with Gasteiger partial charge < -0.3 is 14.0 Å². The number of halogens is 1. The predicted molar refractivity (Wildman–Crippen MR) is 151 cm³/mol. The first-order valence-electron chi connectivity index (χ1n) is 13.2. The number of aromatic nitrogens is 4. The summed E-state index contributed by atoms with van der Waals surface area (Å²) in [5.74, 6) is 0.465. The molecular weight excluding hydrogens is 500 g/mol. The molecule has 2 heterocycles. The lowest BCUT2D eigenvalue weighted by molar-refractivity contribution is -0.123. The maximum absolute atomic E-state index is 13.1. The van der Waals surface area contributed by atoms with E-state index in [9.17, 15) is 9.59 Å². The molecule has 9 heteroatoms. The third-order valence-corrected chi connectivity index (χ3v) is 7.55. The lowest BCUT2D eigenvalue weighted by atomic mass is 9.88. The van der Waals surface area contributed by atoms with Crippen molar-refractivity contribution < 1.29 is 9.59 Å². The summed E-state index contributed by atoms with van der Waals surface area (Å²) >= 11 is 5.99. The number of fused-ring (bicyclic) bond motifs is 1. The highest BCUT2D eigenvalue weighted by Crippen LogP contribution is 2.30. The zero-order chi connectivity index (χ0) is 26.6. The zero-order valence-corrected chi connectivity index (χ0v) is 22.6. The van der Waals surface area contributed by atoms with Crippen LogP contribution in [-0.4, -0.2) is 38.0 Å². The van der Waals surface area contributed by atoms with Crippen LogP contribution in [0.3, 0.4) is 0 Å². The fourth-order valence-corrected chi connectivity index (χ4v) is 5.31. The summed E-state index contributed by atoms with van der Waals surface area (Å²) in [6.45, 7) is 3.42. The fraction of sp³-hybridized carbons (Fsp3) is 0.379. The zero-order valence-electron chi connectivity index (χ0n) is 21.9. The first kappa shape index (κ1) is 26.0. The van der Waals surface area contributed by atoms with Gasteiger partial charge in [0.05, 0.1) is 23.1 Å². The number of nitrogens with zero attached hydrogens (tertiary/aromatic N) is 5. The molecule has 38 heavy (non-hydrogen) atoms. The van der Waals surface area contributed by atoms with E-state index in [1.165, 1.54) is 6.42 Å². The molecule has 2 aromatic carbocycles. The molecule has 1 aliphatic carbocycles. The van der Waals surface area contributed by atoms with E-state index in [0.717, 1.165) is 61.1 Å². The van der Waals surface area contributed by atoms with Crippen molar-refractivity contribution in [3.63, 3.8) is 0 Å². The molecular formula is C29H33ClN6O2. The Morgan fingerprint density at radius 3 is 2.55 bits per heavy atom. The summed E-state index contributed by atoms with van der Waals surface area (Å²) in [6.07, 6.45) is 10.0. The van der Waals surface area contributed by atoms with Crippen LogP contribution in [0.2, 0.25) is 5.02 Å². The van der Waals surface area contributed by atoms with Gasteiger partial charge in [0.25, 0.3) is 5.91 Å². The Bertz CT molecular complexity index is 1440. The lowest BCUT2D eigenvalue weighted by Crippen LogP contribution is -2.33. The van der Waals surface area contributed by atoms with Crippen LogP contribution >= 0.6 is 11.6 Å². The van der Waals surface area contributed by atoms with Crippen LogP contribution in [0.15, 0.2) is 55.0 Å². The Morgan fingerprint density at radius 2 is 1.84 bits per heavy atom. The molecule has 8 nitrogen and oxygen atoms in total. The second kappa shape index (κ2) is 11.4. The number of hydrogen-bond acceptors (Lipinski definition) is 4. The van der Waals surface area contributed by atoms with E-state index in [1.54, 1.807) is 29.2 Å². The molecule has 0 spiro atoms. The topological polar surface area (TPSA) is 85.0 Å². The van der Waals surface area contributed by atoms with Gasteiger partial charge in [-0.15, -0.1) is 0 Å². The summed E-state index contributed by atoms with van der Waals surface area (Å²) in [4.78, 5) is 37.0. The normalized spacial score (nSPS) is 14.1. The van der Waals surface area contributed by atoms with E-state index in [4.69, 9.17) is 16.6 Å². The predicted octanol–water partition coefficient (Wildman–Crippen LogP) is 6.08. The number of hydrogen-bond donors (Lipinski definition) is 1. The van der Waals surface area contributed by atoms with Gasteiger partial charge in [0.2, 0.25) is 11.9 Å². The number of benzene rings is 2. The number of carbonyl (C=O) groups excluding carboxylic acids is 2. The molecule has 2 amide bonds. The number of carbonyl (C=O) groups is 2. The fourth-order valence-electron chi connectivity index (χ4n) is 5.18. The standard InChI is InChI=1S/C29H33ClN6O2/c1-20-18-35(19-31-20)15-6-16-36-26-14-13-24(34(2)28(38)22-7-4-3-5-8-22)17-25(26)32-29(36)33-27(37)21-9-11-23(30)12-10-21/h9-14,17-19,22H,3-8,15-16H2,1-2H3,(H,32,33,37). The number of nitrogens with one attached hydrogen (secondary N) is 1. The number of amides is 2. The van der Waals surface area contributed by atoms with E-state index >= 15 is 0 Å². The van der Waals surface area contributed by atoms with Gasteiger partial charge in [-0.2, -0.15) is 0 Å². The Balaban J connectivity index is 1.41. The quantitative estimate of drug-likeness (QED) is 0.298. The maximum Gasteiger partial charge on any atom is 0.257 e. The highest BCUT2D eigenvalue weighted by Gasteiger charge is 2.25.